The molecule has 1 aliphatic heterocycles. The van der Waals surface area contributed by atoms with Crippen LogP contribution < -0.4 is 4.90 Å². The summed E-state index contributed by atoms with van der Waals surface area (Å²) < 4.78 is 0. The minimum atomic E-state index is -0.959. The lowest BCUT2D eigenvalue weighted by Crippen LogP contribution is -2.44. The van der Waals surface area contributed by atoms with Gasteiger partial charge in [0.25, 0.3) is 0 Å². The van der Waals surface area contributed by atoms with Crippen molar-refractivity contribution in [1.29, 1.82) is 0 Å². The molecule has 1 saturated heterocycles. The molecule has 1 aromatic heterocycles. The average Bonchev–Trinajstić information content (AvgIpc) is 2.54. The summed E-state index contributed by atoms with van der Waals surface area (Å²) in [6.07, 6.45) is 7.20. The number of carboxylic acid groups (broad SMARTS) is 1. The highest BCUT2D eigenvalue weighted by Gasteiger charge is 2.29. The lowest BCUT2D eigenvalue weighted by Gasteiger charge is -2.34. The van der Waals surface area contributed by atoms with Crippen LogP contribution in [0.4, 0.5) is 5.82 Å². The van der Waals surface area contributed by atoms with Crippen LogP contribution in [0.2, 0.25) is 0 Å². The van der Waals surface area contributed by atoms with Gasteiger partial charge in [0.15, 0.2) is 0 Å². The first-order valence-electron chi connectivity index (χ1n) is 7.63. The summed E-state index contributed by atoms with van der Waals surface area (Å²) in [6.45, 7) is 3.70. The number of hydrogen-bond acceptors (Lipinski definition) is 5. The molecule has 2 heterocycles. The molecule has 0 unspecified atom stereocenters. The molecule has 1 aliphatic rings. The zero-order chi connectivity index (χ0) is 15.9. The van der Waals surface area contributed by atoms with Crippen molar-refractivity contribution in [2.24, 2.45) is 5.92 Å². The molecule has 0 spiro atoms. The summed E-state index contributed by atoms with van der Waals surface area (Å²) >= 11 is 0. The number of rotatable bonds is 6. The van der Waals surface area contributed by atoms with Crippen molar-refractivity contribution in [3.05, 3.63) is 18.6 Å². The Morgan fingerprint density at radius 2 is 2.09 bits per heavy atom. The summed E-state index contributed by atoms with van der Waals surface area (Å²) in [5.41, 5.74) is 0. The molecule has 1 N–H and O–H groups in total. The maximum Gasteiger partial charge on any atom is 0.323 e. The van der Waals surface area contributed by atoms with Gasteiger partial charge in [-0.1, -0.05) is 6.92 Å². The third-order valence-corrected chi connectivity index (χ3v) is 3.85. The molecule has 0 bridgehead atoms. The van der Waals surface area contributed by atoms with Crippen LogP contribution in [0.1, 0.15) is 26.2 Å². The smallest absolute Gasteiger partial charge is 0.323 e. The van der Waals surface area contributed by atoms with Crippen LogP contribution in [0.25, 0.3) is 0 Å². The van der Waals surface area contributed by atoms with Crippen molar-refractivity contribution in [2.45, 2.75) is 26.2 Å². The van der Waals surface area contributed by atoms with Crippen LogP contribution in [0, 0.1) is 5.92 Å². The summed E-state index contributed by atoms with van der Waals surface area (Å²) in [5.74, 6) is -0.273. The summed E-state index contributed by atoms with van der Waals surface area (Å²) in [4.78, 5) is 35.3. The standard InChI is InChI=1S/C15H22N4O3/c1-2-7-19(11-14(20)21)15(22)12-3-8-18(9-4-12)13-10-16-5-6-17-13/h5-6,10,12H,2-4,7-9,11H2,1H3,(H,20,21). The van der Waals surface area contributed by atoms with E-state index < -0.39 is 5.97 Å². The molecule has 0 aliphatic carbocycles. The first-order valence-corrected chi connectivity index (χ1v) is 7.63. The van der Waals surface area contributed by atoms with Crippen LogP contribution in [0.3, 0.4) is 0 Å². The molecule has 1 aromatic rings. The molecule has 0 saturated carbocycles. The third-order valence-electron chi connectivity index (χ3n) is 3.85. The Labute approximate surface area is 130 Å². The second-order valence-corrected chi connectivity index (χ2v) is 5.48. The number of aromatic nitrogens is 2. The topological polar surface area (TPSA) is 86.6 Å². The summed E-state index contributed by atoms with van der Waals surface area (Å²) in [7, 11) is 0. The van der Waals surface area contributed by atoms with Crippen molar-refractivity contribution < 1.29 is 14.7 Å². The number of nitrogens with zero attached hydrogens (tertiary/aromatic N) is 4. The maximum absolute atomic E-state index is 12.5. The predicted molar refractivity (Wildman–Crippen MR) is 81.5 cm³/mol. The molecule has 0 atom stereocenters. The first-order chi connectivity index (χ1) is 10.6. The Bertz CT molecular complexity index is 501. The second-order valence-electron chi connectivity index (χ2n) is 5.48. The van der Waals surface area contributed by atoms with E-state index in [9.17, 15) is 9.59 Å². The zero-order valence-electron chi connectivity index (χ0n) is 12.8. The lowest BCUT2D eigenvalue weighted by molar-refractivity contribution is -0.146. The normalized spacial score (nSPS) is 15.6. The SMILES string of the molecule is CCCN(CC(=O)O)C(=O)C1CCN(c2cnccn2)CC1. The van der Waals surface area contributed by atoms with Gasteiger partial charge in [0, 0.05) is 37.9 Å². The van der Waals surface area contributed by atoms with E-state index in [0.29, 0.717) is 6.54 Å². The number of anilines is 1. The molecule has 1 amide bonds. The number of piperidine rings is 1. The van der Waals surface area contributed by atoms with Gasteiger partial charge in [-0.05, 0) is 19.3 Å². The summed E-state index contributed by atoms with van der Waals surface area (Å²) in [5, 5.41) is 8.93. The molecule has 1 fully saturated rings. The van der Waals surface area contributed by atoms with E-state index in [0.717, 1.165) is 38.2 Å². The van der Waals surface area contributed by atoms with Crippen molar-refractivity contribution >= 4 is 17.7 Å². The lowest BCUT2D eigenvalue weighted by atomic mass is 9.95. The first kappa shape index (κ1) is 16.2. The van der Waals surface area contributed by atoms with E-state index in [1.165, 1.54) is 4.90 Å². The Morgan fingerprint density at radius 3 is 2.64 bits per heavy atom. The average molecular weight is 306 g/mol. The van der Waals surface area contributed by atoms with Gasteiger partial charge in [0.2, 0.25) is 5.91 Å². The third kappa shape index (κ3) is 4.16. The fraction of sp³-hybridized carbons (Fsp3) is 0.600. The fourth-order valence-electron chi connectivity index (χ4n) is 2.77. The highest BCUT2D eigenvalue weighted by atomic mass is 16.4. The van der Waals surface area contributed by atoms with Gasteiger partial charge in [0.1, 0.15) is 12.4 Å². The molecule has 22 heavy (non-hydrogen) atoms. The van der Waals surface area contributed by atoms with Crippen molar-refractivity contribution in [3.63, 3.8) is 0 Å². The predicted octanol–water partition coefficient (Wildman–Crippen LogP) is 1.02. The number of carboxylic acids is 1. The van der Waals surface area contributed by atoms with Gasteiger partial charge in [-0.2, -0.15) is 0 Å². The number of aliphatic carboxylic acids is 1. The largest absolute Gasteiger partial charge is 0.480 e. The fourth-order valence-corrected chi connectivity index (χ4v) is 2.77. The minimum absolute atomic E-state index is 0.0388. The molecular weight excluding hydrogens is 284 g/mol. The zero-order valence-corrected chi connectivity index (χ0v) is 12.8. The maximum atomic E-state index is 12.5. The number of amides is 1. The van der Waals surface area contributed by atoms with Gasteiger partial charge >= 0.3 is 5.97 Å². The van der Waals surface area contributed by atoms with Crippen molar-refractivity contribution in [1.82, 2.24) is 14.9 Å². The Kier molecular flexibility index (Phi) is 5.68. The summed E-state index contributed by atoms with van der Waals surface area (Å²) in [6, 6.07) is 0. The van der Waals surface area contributed by atoms with Gasteiger partial charge < -0.3 is 14.9 Å². The number of carbonyl (C=O) groups excluding carboxylic acids is 1. The highest BCUT2D eigenvalue weighted by molar-refractivity contribution is 5.83. The monoisotopic (exact) mass is 306 g/mol. The molecule has 7 nitrogen and oxygen atoms in total. The van der Waals surface area contributed by atoms with Crippen LogP contribution in [-0.2, 0) is 9.59 Å². The Balaban J connectivity index is 1.92. The Morgan fingerprint density at radius 1 is 1.36 bits per heavy atom. The molecule has 120 valence electrons. The van der Waals surface area contributed by atoms with Crippen LogP contribution >= 0.6 is 0 Å². The molecule has 2 rings (SSSR count). The van der Waals surface area contributed by atoms with Crippen molar-refractivity contribution in [3.8, 4) is 0 Å². The van der Waals surface area contributed by atoms with Gasteiger partial charge in [0.05, 0.1) is 6.20 Å². The number of hydrogen-bond donors (Lipinski definition) is 1. The van der Waals surface area contributed by atoms with E-state index in [2.05, 4.69) is 14.9 Å². The molecular formula is C15H22N4O3. The Hall–Kier alpha value is -2.18. The van der Waals surface area contributed by atoms with Crippen molar-refractivity contribution in [2.75, 3.05) is 31.1 Å². The van der Waals surface area contributed by atoms with E-state index in [4.69, 9.17) is 5.11 Å². The minimum Gasteiger partial charge on any atom is -0.480 e. The van der Waals surface area contributed by atoms with E-state index in [1.54, 1.807) is 18.6 Å². The van der Waals surface area contributed by atoms with E-state index in [-0.39, 0.29) is 18.4 Å². The number of carbonyl (C=O) groups is 2. The molecule has 0 radical (unpaired) electrons. The molecule has 7 heteroatoms. The molecule has 0 aromatic carbocycles. The van der Waals surface area contributed by atoms with E-state index in [1.807, 2.05) is 6.92 Å². The van der Waals surface area contributed by atoms with Gasteiger partial charge in [-0.25, -0.2) is 4.98 Å². The van der Waals surface area contributed by atoms with Gasteiger partial charge in [-0.15, -0.1) is 0 Å². The van der Waals surface area contributed by atoms with Crippen LogP contribution in [0.5, 0.6) is 0 Å². The second kappa shape index (κ2) is 7.72. The van der Waals surface area contributed by atoms with E-state index >= 15 is 0 Å². The van der Waals surface area contributed by atoms with Gasteiger partial charge in [-0.3, -0.25) is 14.6 Å². The quantitative estimate of drug-likeness (QED) is 0.844. The highest BCUT2D eigenvalue weighted by Crippen LogP contribution is 2.22. The van der Waals surface area contributed by atoms with Crippen LogP contribution in [0.15, 0.2) is 18.6 Å². The van der Waals surface area contributed by atoms with Crippen LogP contribution in [-0.4, -0.2) is 58.0 Å².